The molecule has 0 radical (unpaired) electrons. The minimum absolute atomic E-state index is 0.0992. The average molecular weight is 431 g/mol. The van der Waals surface area contributed by atoms with Crippen LogP contribution < -0.4 is 15.4 Å². The van der Waals surface area contributed by atoms with Gasteiger partial charge >= 0.3 is 0 Å². The monoisotopic (exact) mass is 430 g/mol. The van der Waals surface area contributed by atoms with E-state index >= 15 is 0 Å². The van der Waals surface area contributed by atoms with E-state index in [4.69, 9.17) is 20.8 Å². The van der Waals surface area contributed by atoms with E-state index in [1.807, 2.05) is 13.8 Å². The second-order valence-electron chi connectivity index (χ2n) is 7.10. The zero-order valence-electron chi connectivity index (χ0n) is 16.9. The number of ether oxygens (including phenoxy) is 1. The van der Waals surface area contributed by atoms with E-state index in [9.17, 15) is 9.59 Å². The molecule has 0 saturated heterocycles. The molecule has 0 saturated carbocycles. The van der Waals surface area contributed by atoms with Crippen molar-refractivity contribution in [3.05, 3.63) is 64.8 Å². The average Bonchev–Trinajstić information content (AvgIpc) is 3.32. The van der Waals surface area contributed by atoms with E-state index < -0.39 is 5.91 Å². The summed E-state index contributed by atoms with van der Waals surface area (Å²) in [6.45, 7) is 4.67. The highest BCUT2D eigenvalue weighted by molar-refractivity contribution is 6.30. The number of aromatic nitrogens is 2. The molecule has 2 amide bonds. The van der Waals surface area contributed by atoms with Crippen LogP contribution in [0.4, 0.5) is 5.69 Å². The number of benzene rings is 1. The molecule has 2 N–H and O–H groups in total. The molecule has 0 fully saturated rings. The maximum absolute atomic E-state index is 12.6. The number of anilines is 1. The van der Waals surface area contributed by atoms with Gasteiger partial charge in [-0.1, -0.05) is 25.4 Å². The molecule has 158 valence electrons. The van der Waals surface area contributed by atoms with Crippen molar-refractivity contribution in [2.45, 2.75) is 20.5 Å². The molecule has 0 aliphatic rings. The van der Waals surface area contributed by atoms with Crippen LogP contribution in [0.1, 0.15) is 40.7 Å². The first-order valence-corrected chi connectivity index (χ1v) is 9.80. The molecular weight excluding hydrogens is 408 g/mol. The first-order valence-electron chi connectivity index (χ1n) is 9.42. The minimum atomic E-state index is -0.487. The van der Waals surface area contributed by atoms with Gasteiger partial charge < -0.3 is 19.8 Å². The summed E-state index contributed by atoms with van der Waals surface area (Å²) < 4.78 is 12.6. The Bertz CT molecular complexity index is 1020. The lowest BCUT2D eigenvalue weighted by Crippen LogP contribution is -2.30. The first-order chi connectivity index (χ1) is 14.3. The highest BCUT2D eigenvalue weighted by Gasteiger charge is 2.20. The Morgan fingerprint density at radius 3 is 2.60 bits per heavy atom. The van der Waals surface area contributed by atoms with Crippen LogP contribution >= 0.6 is 11.6 Å². The molecule has 8 nitrogen and oxygen atoms in total. The number of amides is 2. The van der Waals surface area contributed by atoms with Crippen molar-refractivity contribution in [3.63, 3.8) is 0 Å². The van der Waals surface area contributed by atoms with E-state index in [-0.39, 0.29) is 24.0 Å². The van der Waals surface area contributed by atoms with E-state index in [2.05, 4.69) is 15.7 Å². The highest BCUT2D eigenvalue weighted by atomic mass is 35.5. The third kappa shape index (κ3) is 5.42. The predicted octanol–water partition coefficient (Wildman–Crippen LogP) is 3.88. The van der Waals surface area contributed by atoms with Crippen LogP contribution in [0.25, 0.3) is 0 Å². The maximum atomic E-state index is 12.6. The maximum Gasteiger partial charge on any atom is 0.291 e. The summed E-state index contributed by atoms with van der Waals surface area (Å²) in [4.78, 5) is 25.0. The van der Waals surface area contributed by atoms with Gasteiger partial charge in [0.15, 0.2) is 5.76 Å². The summed E-state index contributed by atoms with van der Waals surface area (Å²) in [6.07, 6.45) is 1.43. The molecule has 0 unspecified atom stereocenters. The third-order valence-electron chi connectivity index (χ3n) is 4.15. The third-order valence-corrected chi connectivity index (χ3v) is 4.41. The molecule has 1 aromatic carbocycles. The fourth-order valence-electron chi connectivity index (χ4n) is 2.63. The Morgan fingerprint density at radius 2 is 1.90 bits per heavy atom. The molecule has 3 rings (SSSR count). The Balaban J connectivity index is 1.63. The number of halogens is 1. The second-order valence-corrected chi connectivity index (χ2v) is 7.53. The molecule has 0 aliphatic carbocycles. The van der Waals surface area contributed by atoms with Crippen molar-refractivity contribution in [2.75, 3.05) is 11.9 Å². The smallest absolute Gasteiger partial charge is 0.291 e. The lowest BCUT2D eigenvalue weighted by Gasteiger charge is -2.10. The first kappa shape index (κ1) is 21.4. The van der Waals surface area contributed by atoms with Crippen LogP contribution in [-0.4, -0.2) is 28.1 Å². The summed E-state index contributed by atoms with van der Waals surface area (Å²) >= 11 is 5.85. The Morgan fingerprint density at radius 1 is 1.17 bits per heavy atom. The van der Waals surface area contributed by atoms with E-state index in [0.29, 0.717) is 34.7 Å². The number of carbonyl (C=O) groups is 2. The molecule has 3 aromatic rings. The van der Waals surface area contributed by atoms with Gasteiger partial charge in [-0.25, -0.2) is 0 Å². The summed E-state index contributed by atoms with van der Waals surface area (Å²) in [7, 11) is 1.64. The molecule has 0 aliphatic heterocycles. The van der Waals surface area contributed by atoms with Gasteiger partial charge in [-0.05, 0) is 42.3 Å². The number of furan rings is 1. The number of carbonyl (C=O) groups excluding carboxylic acids is 2. The highest BCUT2D eigenvalue weighted by Crippen LogP contribution is 2.19. The number of hydrogen-bond donors (Lipinski definition) is 2. The summed E-state index contributed by atoms with van der Waals surface area (Å²) in [6, 6.07) is 10.1. The Labute approximate surface area is 179 Å². The predicted molar refractivity (Wildman–Crippen MR) is 113 cm³/mol. The largest absolute Gasteiger partial charge is 0.486 e. The number of rotatable bonds is 8. The van der Waals surface area contributed by atoms with Gasteiger partial charge in [0, 0.05) is 18.6 Å². The van der Waals surface area contributed by atoms with Crippen LogP contribution in [0.15, 0.2) is 47.0 Å². The van der Waals surface area contributed by atoms with Crippen molar-refractivity contribution in [1.82, 2.24) is 15.1 Å². The van der Waals surface area contributed by atoms with Gasteiger partial charge in [-0.2, -0.15) is 5.10 Å². The van der Waals surface area contributed by atoms with E-state index in [0.717, 1.165) is 0 Å². The quantitative estimate of drug-likeness (QED) is 0.565. The molecule has 2 aromatic heterocycles. The zero-order chi connectivity index (χ0) is 21.7. The van der Waals surface area contributed by atoms with Crippen molar-refractivity contribution in [3.8, 4) is 5.75 Å². The van der Waals surface area contributed by atoms with Gasteiger partial charge in [0.05, 0.1) is 11.9 Å². The number of nitrogens with zero attached hydrogens (tertiary/aromatic N) is 2. The second kappa shape index (κ2) is 9.49. The van der Waals surface area contributed by atoms with Crippen molar-refractivity contribution in [1.29, 1.82) is 0 Å². The van der Waals surface area contributed by atoms with Crippen LogP contribution in [0, 0.1) is 5.92 Å². The molecular formula is C21H23ClN4O4. The molecule has 0 atom stereocenters. The van der Waals surface area contributed by atoms with Gasteiger partial charge in [0.25, 0.3) is 11.8 Å². The molecule has 2 heterocycles. The van der Waals surface area contributed by atoms with Crippen LogP contribution in [-0.2, 0) is 13.7 Å². The molecule has 30 heavy (non-hydrogen) atoms. The lowest BCUT2D eigenvalue weighted by atomic mass is 10.2. The normalized spacial score (nSPS) is 10.8. The van der Waals surface area contributed by atoms with E-state index in [1.165, 1.54) is 10.9 Å². The number of hydrogen-bond acceptors (Lipinski definition) is 5. The SMILES string of the molecule is CC(C)CNC(=O)c1c(NC(=O)c2ccc(COc3ccc(Cl)cc3)o2)cnn1C. The van der Waals surface area contributed by atoms with Gasteiger partial charge in [-0.3, -0.25) is 14.3 Å². The molecule has 0 spiro atoms. The molecule has 9 heteroatoms. The van der Waals surface area contributed by atoms with Crippen molar-refractivity contribution in [2.24, 2.45) is 13.0 Å². The van der Waals surface area contributed by atoms with Crippen LogP contribution in [0.3, 0.4) is 0 Å². The Hall–Kier alpha value is -3.26. The van der Waals surface area contributed by atoms with Crippen LogP contribution in [0.5, 0.6) is 5.75 Å². The minimum Gasteiger partial charge on any atom is -0.486 e. The summed E-state index contributed by atoms with van der Waals surface area (Å²) in [5, 5.41) is 10.2. The standard InChI is InChI=1S/C21H23ClN4O4/c1-13(2)10-23-21(28)19-17(11-24-26(19)3)25-20(27)18-9-8-16(30-18)12-29-15-6-4-14(22)5-7-15/h4-9,11,13H,10,12H2,1-3H3,(H,23,28)(H,25,27). The number of nitrogens with one attached hydrogen (secondary N) is 2. The lowest BCUT2D eigenvalue weighted by molar-refractivity contribution is 0.0940. The number of aryl methyl sites for hydroxylation is 1. The van der Waals surface area contributed by atoms with E-state index in [1.54, 1.807) is 43.4 Å². The fraction of sp³-hybridized carbons (Fsp3) is 0.286. The van der Waals surface area contributed by atoms with Gasteiger partial charge in [0.2, 0.25) is 0 Å². The summed E-state index contributed by atoms with van der Waals surface area (Å²) in [5.74, 6) is 0.721. The van der Waals surface area contributed by atoms with Crippen molar-refractivity contribution >= 4 is 29.1 Å². The zero-order valence-corrected chi connectivity index (χ0v) is 17.7. The summed E-state index contributed by atoms with van der Waals surface area (Å²) in [5.41, 5.74) is 0.570. The van der Waals surface area contributed by atoms with Gasteiger partial charge in [0.1, 0.15) is 23.8 Å². The van der Waals surface area contributed by atoms with Gasteiger partial charge in [-0.15, -0.1) is 0 Å². The topological polar surface area (TPSA) is 98.4 Å². The van der Waals surface area contributed by atoms with Crippen molar-refractivity contribution < 1.29 is 18.7 Å². The van der Waals surface area contributed by atoms with Crippen LogP contribution in [0.2, 0.25) is 5.02 Å². The Kier molecular flexibility index (Phi) is 6.79. The fourth-order valence-corrected chi connectivity index (χ4v) is 2.75. The molecule has 0 bridgehead atoms.